The second kappa shape index (κ2) is 9.03. The Morgan fingerprint density at radius 2 is 1.95 bits per heavy atom. The summed E-state index contributed by atoms with van der Waals surface area (Å²) >= 11 is 1.83. The van der Waals surface area contributed by atoms with Gasteiger partial charge in [0.15, 0.2) is 0 Å². The third-order valence-electron chi connectivity index (χ3n) is 3.25. The lowest BCUT2D eigenvalue weighted by Gasteiger charge is -2.22. The fourth-order valence-electron chi connectivity index (χ4n) is 2.14. The molecule has 3 heteroatoms. The molecule has 19 heavy (non-hydrogen) atoms. The number of thioether (sulfide) groups is 1. The Morgan fingerprint density at radius 3 is 2.53 bits per heavy atom. The van der Waals surface area contributed by atoms with Crippen LogP contribution < -0.4 is 0 Å². The monoisotopic (exact) mass is 280 g/mol. The summed E-state index contributed by atoms with van der Waals surface area (Å²) in [6.45, 7) is 4.25. The van der Waals surface area contributed by atoms with E-state index in [2.05, 4.69) is 26.0 Å². The number of hydrogen-bond acceptors (Lipinski definition) is 2. The molecule has 0 spiro atoms. The van der Waals surface area contributed by atoms with Gasteiger partial charge in [-0.15, -0.1) is 11.8 Å². The van der Waals surface area contributed by atoms with E-state index in [9.17, 15) is 4.79 Å². The van der Waals surface area contributed by atoms with Gasteiger partial charge >= 0.3 is 5.97 Å². The number of hydrogen-bond donors (Lipinski definition) is 1. The number of carboxylic acids is 1. The van der Waals surface area contributed by atoms with Gasteiger partial charge in [0.1, 0.15) is 0 Å². The lowest BCUT2D eigenvalue weighted by Crippen LogP contribution is -2.18. The number of carbonyl (C=O) groups is 1. The van der Waals surface area contributed by atoms with Crippen molar-refractivity contribution in [3.8, 4) is 0 Å². The highest BCUT2D eigenvalue weighted by atomic mass is 32.2. The van der Waals surface area contributed by atoms with Crippen LogP contribution in [0.5, 0.6) is 0 Å². The van der Waals surface area contributed by atoms with Crippen molar-refractivity contribution in [2.75, 3.05) is 0 Å². The van der Waals surface area contributed by atoms with Gasteiger partial charge in [-0.2, -0.15) is 0 Å². The van der Waals surface area contributed by atoms with Crippen LogP contribution in [-0.2, 0) is 4.79 Å². The van der Waals surface area contributed by atoms with E-state index in [-0.39, 0.29) is 12.3 Å². The van der Waals surface area contributed by atoms with E-state index in [4.69, 9.17) is 5.11 Å². The van der Waals surface area contributed by atoms with Gasteiger partial charge in [0.25, 0.3) is 0 Å². The van der Waals surface area contributed by atoms with Gasteiger partial charge in [0, 0.05) is 16.6 Å². The fraction of sp³-hybridized carbons (Fsp3) is 0.562. The molecule has 0 aliphatic carbocycles. The molecule has 2 nitrogen and oxygen atoms in total. The standard InChI is InChI=1S/C16H24O2S/c1-3-4-6-11-15(13(2)12-16(17)18)19-14-9-7-5-8-10-14/h5,7-10,13,15H,3-4,6,11-12H2,1-2H3,(H,17,18)/t13-,15-/m0/s1. The van der Waals surface area contributed by atoms with Gasteiger partial charge in [-0.3, -0.25) is 4.79 Å². The number of carboxylic acid groups (broad SMARTS) is 1. The summed E-state index contributed by atoms with van der Waals surface area (Å²) in [5, 5.41) is 9.35. The van der Waals surface area contributed by atoms with Crippen molar-refractivity contribution in [2.24, 2.45) is 5.92 Å². The first-order valence-corrected chi connectivity index (χ1v) is 7.95. The van der Waals surface area contributed by atoms with Crippen LogP contribution in [0.1, 0.15) is 46.0 Å². The summed E-state index contributed by atoms with van der Waals surface area (Å²) in [4.78, 5) is 12.1. The summed E-state index contributed by atoms with van der Waals surface area (Å²) < 4.78 is 0. The number of benzene rings is 1. The molecule has 106 valence electrons. The second-order valence-electron chi connectivity index (χ2n) is 5.04. The average molecular weight is 280 g/mol. The largest absolute Gasteiger partial charge is 0.481 e. The van der Waals surface area contributed by atoms with Crippen LogP contribution in [-0.4, -0.2) is 16.3 Å². The lowest BCUT2D eigenvalue weighted by molar-refractivity contribution is -0.137. The maximum Gasteiger partial charge on any atom is 0.303 e. The quantitative estimate of drug-likeness (QED) is 0.519. The minimum Gasteiger partial charge on any atom is -0.481 e. The summed E-state index contributed by atoms with van der Waals surface area (Å²) in [6.07, 6.45) is 4.98. The van der Waals surface area contributed by atoms with Crippen LogP contribution in [0.25, 0.3) is 0 Å². The zero-order chi connectivity index (χ0) is 14.1. The summed E-state index contributed by atoms with van der Waals surface area (Å²) in [7, 11) is 0. The SMILES string of the molecule is CCCCC[C@H](Sc1ccccc1)[C@@H](C)CC(=O)O. The molecule has 0 fully saturated rings. The maximum absolute atomic E-state index is 10.9. The number of unbranched alkanes of at least 4 members (excludes halogenated alkanes) is 2. The minimum absolute atomic E-state index is 0.208. The van der Waals surface area contributed by atoms with Crippen molar-refractivity contribution >= 4 is 17.7 Å². The number of aliphatic carboxylic acids is 1. The van der Waals surface area contributed by atoms with Crippen LogP contribution in [0.4, 0.5) is 0 Å². The molecule has 0 bridgehead atoms. The molecule has 1 N–H and O–H groups in total. The molecule has 0 aliphatic heterocycles. The highest BCUT2D eigenvalue weighted by molar-refractivity contribution is 8.00. The topological polar surface area (TPSA) is 37.3 Å². The smallest absolute Gasteiger partial charge is 0.303 e. The second-order valence-corrected chi connectivity index (χ2v) is 6.35. The Morgan fingerprint density at radius 1 is 1.26 bits per heavy atom. The van der Waals surface area contributed by atoms with Gasteiger partial charge in [-0.05, 0) is 24.5 Å². The van der Waals surface area contributed by atoms with Gasteiger partial charge in [0.05, 0.1) is 0 Å². The Bertz CT molecular complexity index is 364. The summed E-state index contributed by atoms with van der Waals surface area (Å²) in [5.74, 6) is -0.485. The van der Waals surface area contributed by atoms with Crippen molar-refractivity contribution in [2.45, 2.75) is 56.1 Å². The molecule has 1 rings (SSSR count). The van der Waals surface area contributed by atoms with Crippen LogP contribution in [0.15, 0.2) is 35.2 Å². The molecule has 0 saturated carbocycles. The highest BCUT2D eigenvalue weighted by Crippen LogP contribution is 2.33. The molecular weight excluding hydrogens is 256 g/mol. The highest BCUT2D eigenvalue weighted by Gasteiger charge is 2.20. The lowest BCUT2D eigenvalue weighted by atomic mass is 9.99. The predicted molar refractivity (Wildman–Crippen MR) is 81.6 cm³/mol. The molecule has 0 aliphatic rings. The predicted octanol–water partition coefficient (Wildman–Crippen LogP) is 4.84. The van der Waals surface area contributed by atoms with E-state index in [1.165, 1.54) is 24.2 Å². The molecule has 1 aromatic rings. The molecule has 0 radical (unpaired) electrons. The van der Waals surface area contributed by atoms with E-state index in [1.807, 2.05) is 30.0 Å². The van der Waals surface area contributed by atoms with Gasteiger partial charge < -0.3 is 5.11 Å². The van der Waals surface area contributed by atoms with Gasteiger partial charge in [-0.1, -0.05) is 51.3 Å². The molecule has 0 aromatic heterocycles. The third-order valence-corrected chi connectivity index (χ3v) is 4.80. The summed E-state index contributed by atoms with van der Waals surface area (Å²) in [6, 6.07) is 10.3. The average Bonchev–Trinajstić information content (AvgIpc) is 2.38. The van der Waals surface area contributed by atoms with Crippen LogP contribution >= 0.6 is 11.8 Å². The van der Waals surface area contributed by atoms with Crippen molar-refractivity contribution in [3.63, 3.8) is 0 Å². The first kappa shape index (κ1) is 16.1. The van der Waals surface area contributed by atoms with E-state index in [1.54, 1.807) is 0 Å². The molecule has 1 aromatic carbocycles. The Kier molecular flexibility index (Phi) is 7.65. The van der Waals surface area contributed by atoms with E-state index in [0.717, 1.165) is 6.42 Å². The van der Waals surface area contributed by atoms with E-state index >= 15 is 0 Å². The molecule has 0 amide bonds. The molecule has 0 saturated heterocycles. The Balaban J connectivity index is 2.60. The van der Waals surface area contributed by atoms with Crippen molar-refractivity contribution in [3.05, 3.63) is 30.3 Å². The van der Waals surface area contributed by atoms with Crippen LogP contribution in [0.2, 0.25) is 0 Å². The number of rotatable bonds is 9. The van der Waals surface area contributed by atoms with Crippen molar-refractivity contribution < 1.29 is 9.90 Å². The van der Waals surface area contributed by atoms with Gasteiger partial charge in [0.2, 0.25) is 0 Å². The third kappa shape index (κ3) is 6.67. The van der Waals surface area contributed by atoms with Crippen molar-refractivity contribution in [1.29, 1.82) is 0 Å². The van der Waals surface area contributed by atoms with Crippen LogP contribution in [0, 0.1) is 5.92 Å². The van der Waals surface area contributed by atoms with Crippen LogP contribution in [0.3, 0.4) is 0 Å². The van der Waals surface area contributed by atoms with Crippen molar-refractivity contribution in [1.82, 2.24) is 0 Å². The van der Waals surface area contributed by atoms with E-state index in [0.29, 0.717) is 5.25 Å². The minimum atomic E-state index is -0.693. The van der Waals surface area contributed by atoms with Gasteiger partial charge in [-0.25, -0.2) is 0 Å². The zero-order valence-electron chi connectivity index (χ0n) is 11.8. The summed E-state index contributed by atoms with van der Waals surface area (Å²) in [5.41, 5.74) is 0. The first-order valence-electron chi connectivity index (χ1n) is 7.07. The molecule has 0 heterocycles. The molecule has 2 atom stereocenters. The zero-order valence-corrected chi connectivity index (χ0v) is 12.7. The van der Waals surface area contributed by atoms with E-state index < -0.39 is 5.97 Å². The Labute approximate surface area is 120 Å². The molecular formula is C16H24O2S. The molecule has 0 unspecified atom stereocenters. The fourth-order valence-corrected chi connectivity index (χ4v) is 3.41. The normalized spacial score (nSPS) is 14.0. The Hall–Kier alpha value is -0.960. The maximum atomic E-state index is 10.9. The first-order chi connectivity index (χ1) is 9.13.